The summed E-state index contributed by atoms with van der Waals surface area (Å²) in [4.78, 5) is 27.9. The van der Waals surface area contributed by atoms with Gasteiger partial charge in [-0.2, -0.15) is 0 Å². The van der Waals surface area contributed by atoms with Gasteiger partial charge in [-0.15, -0.1) is 0 Å². The third-order valence-corrected chi connectivity index (χ3v) is 3.31. The summed E-state index contributed by atoms with van der Waals surface area (Å²) in [6.45, 7) is 5.85. The van der Waals surface area contributed by atoms with Crippen molar-refractivity contribution in [2.45, 2.75) is 45.6 Å². The van der Waals surface area contributed by atoms with Crippen LogP contribution in [0.2, 0.25) is 0 Å². The lowest BCUT2D eigenvalue weighted by atomic mass is 10.1. The number of benzene rings is 1. The monoisotopic (exact) mass is 288 g/mol. The first-order valence-corrected chi connectivity index (χ1v) is 7.03. The van der Waals surface area contributed by atoms with Crippen molar-refractivity contribution in [3.05, 3.63) is 40.4 Å². The number of aryl methyl sites for hydroxylation is 1. The van der Waals surface area contributed by atoms with E-state index in [1.165, 1.54) is 0 Å². The minimum atomic E-state index is -0.833. The molecule has 0 fully saturated rings. The number of carboxylic acids is 1. The largest absolute Gasteiger partial charge is 0.481 e. The molecule has 0 radical (unpaired) electrons. The lowest BCUT2D eigenvalue weighted by Crippen LogP contribution is -2.37. The highest BCUT2D eigenvalue weighted by atomic mass is 16.4. The molecular formula is C16H20N2O3. The molecule has 5 heteroatoms. The van der Waals surface area contributed by atoms with Crippen LogP contribution in [0.3, 0.4) is 0 Å². The summed E-state index contributed by atoms with van der Waals surface area (Å²) in [6.07, 6.45) is 1.02. The molecule has 0 aliphatic heterocycles. The Bertz CT molecular complexity index is 726. The average Bonchev–Trinajstić information content (AvgIpc) is 2.37. The maximum absolute atomic E-state index is 12.7. The van der Waals surface area contributed by atoms with Gasteiger partial charge in [0.2, 0.25) is 0 Å². The summed E-state index contributed by atoms with van der Waals surface area (Å²) in [7, 11) is 0. The first kappa shape index (κ1) is 15.2. The molecule has 5 nitrogen and oxygen atoms in total. The zero-order valence-electron chi connectivity index (χ0n) is 12.6. The van der Waals surface area contributed by atoms with Gasteiger partial charge in [-0.25, -0.2) is 4.98 Å². The first-order valence-electron chi connectivity index (χ1n) is 7.03. The van der Waals surface area contributed by atoms with Crippen molar-refractivity contribution >= 4 is 16.9 Å². The van der Waals surface area contributed by atoms with Gasteiger partial charge in [-0.05, 0) is 39.3 Å². The highest BCUT2D eigenvalue weighted by Crippen LogP contribution is 2.18. The summed E-state index contributed by atoms with van der Waals surface area (Å²) in [6, 6.07) is 7.25. The second kappa shape index (κ2) is 5.68. The number of rotatable bonds is 4. The highest BCUT2D eigenvalue weighted by Gasteiger charge is 2.21. The standard InChI is InChI=1S/C16H20N2O3/c1-16(2,3)18-13(9-6-10-14(19)20)17-12-8-5-4-7-11(12)15(18)21/h4-5,7-8H,6,9-10H2,1-3H3,(H,19,20). The molecule has 1 aromatic carbocycles. The van der Waals surface area contributed by atoms with E-state index in [9.17, 15) is 9.59 Å². The van der Waals surface area contributed by atoms with Crippen LogP contribution in [-0.4, -0.2) is 20.6 Å². The Morgan fingerprint density at radius 2 is 1.95 bits per heavy atom. The first-order chi connectivity index (χ1) is 9.80. The average molecular weight is 288 g/mol. The van der Waals surface area contributed by atoms with Crippen LogP contribution in [0, 0.1) is 0 Å². The van der Waals surface area contributed by atoms with Crippen LogP contribution >= 0.6 is 0 Å². The van der Waals surface area contributed by atoms with Crippen molar-refractivity contribution in [2.75, 3.05) is 0 Å². The van der Waals surface area contributed by atoms with Gasteiger partial charge < -0.3 is 5.11 Å². The number of aromatic nitrogens is 2. The predicted octanol–water partition coefficient (Wildman–Crippen LogP) is 2.56. The number of aliphatic carboxylic acids is 1. The quantitative estimate of drug-likeness (QED) is 0.938. The SMILES string of the molecule is CC(C)(C)n1c(CCCC(=O)O)nc2ccccc2c1=O. The van der Waals surface area contributed by atoms with Crippen LogP contribution in [-0.2, 0) is 16.8 Å². The van der Waals surface area contributed by atoms with Gasteiger partial charge in [-0.1, -0.05) is 12.1 Å². The van der Waals surface area contributed by atoms with Crippen LogP contribution in [0.15, 0.2) is 29.1 Å². The highest BCUT2D eigenvalue weighted by molar-refractivity contribution is 5.77. The molecule has 1 N–H and O–H groups in total. The normalized spacial score (nSPS) is 11.8. The number of hydrogen-bond acceptors (Lipinski definition) is 3. The van der Waals surface area contributed by atoms with E-state index in [2.05, 4.69) is 4.98 Å². The summed E-state index contributed by atoms with van der Waals surface area (Å²) in [5.74, 6) is -0.187. The third kappa shape index (κ3) is 3.29. The summed E-state index contributed by atoms with van der Waals surface area (Å²) in [5.41, 5.74) is 0.193. The molecule has 0 unspecified atom stereocenters. The Morgan fingerprint density at radius 1 is 1.29 bits per heavy atom. The zero-order chi connectivity index (χ0) is 15.6. The molecule has 0 aliphatic carbocycles. The lowest BCUT2D eigenvalue weighted by molar-refractivity contribution is -0.137. The smallest absolute Gasteiger partial charge is 0.303 e. The Morgan fingerprint density at radius 3 is 2.57 bits per heavy atom. The Labute approximate surface area is 123 Å². The van der Waals surface area contributed by atoms with Crippen molar-refractivity contribution in [1.29, 1.82) is 0 Å². The van der Waals surface area contributed by atoms with E-state index in [0.717, 1.165) is 0 Å². The molecule has 0 bridgehead atoms. The summed E-state index contributed by atoms with van der Waals surface area (Å²) < 4.78 is 1.68. The maximum Gasteiger partial charge on any atom is 0.303 e. The molecule has 0 amide bonds. The van der Waals surface area contributed by atoms with Crippen molar-refractivity contribution < 1.29 is 9.90 Å². The number of hydrogen-bond donors (Lipinski definition) is 1. The maximum atomic E-state index is 12.7. The Hall–Kier alpha value is -2.17. The van der Waals surface area contributed by atoms with E-state index in [1.807, 2.05) is 39.0 Å². The molecule has 0 aliphatic rings. The van der Waals surface area contributed by atoms with Crippen LogP contribution in [0.1, 0.15) is 39.4 Å². The van der Waals surface area contributed by atoms with E-state index in [1.54, 1.807) is 10.6 Å². The molecule has 1 heterocycles. The molecule has 112 valence electrons. The van der Waals surface area contributed by atoms with E-state index in [-0.39, 0.29) is 12.0 Å². The molecular weight excluding hydrogens is 268 g/mol. The van der Waals surface area contributed by atoms with Crippen LogP contribution in [0.4, 0.5) is 0 Å². The number of carboxylic acid groups (broad SMARTS) is 1. The Kier molecular flexibility index (Phi) is 4.11. The molecule has 0 atom stereocenters. The Balaban J connectivity index is 2.56. The molecule has 0 spiro atoms. The van der Waals surface area contributed by atoms with E-state index in [4.69, 9.17) is 5.11 Å². The van der Waals surface area contributed by atoms with Gasteiger partial charge in [0.25, 0.3) is 5.56 Å². The van der Waals surface area contributed by atoms with E-state index >= 15 is 0 Å². The fourth-order valence-corrected chi connectivity index (χ4v) is 2.44. The van der Waals surface area contributed by atoms with Gasteiger partial charge in [0, 0.05) is 18.4 Å². The van der Waals surface area contributed by atoms with Crippen LogP contribution in [0.5, 0.6) is 0 Å². The molecule has 2 rings (SSSR count). The minimum Gasteiger partial charge on any atom is -0.481 e. The van der Waals surface area contributed by atoms with Crippen molar-refractivity contribution in [1.82, 2.24) is 9.55 Å². The van der Waals surface area contributed by atoms with Crippen LogP contribution in [0.25, 0.3) is 10.9 Å². The number of carbonyl (C=O) groups is 1. The number of fused-ring (bicyclic) bond motifs is 1. The minimum absolute atomic E-state index is 0.0709. The second-order valence-electron chi connectivity index (χ2n) is 6.10. The van der Waals surface area contributed by atoms with Gasteiger partial charge in [0.1, 0.15) is 5.82 Å². The van der Waals surface area contributed by atoms with Crippen molar-refractivity contribution in [3.8, 4) is 0 Å². The van der Waals surface area contributed by atoms with Gasteiger partial charge in [0.15, 0.2) is 0 Å². The summed E-state index contributed by atoms with van der Waals surface area (Å²) in [5, 5.41) is 9.35. The molecule has 0 saturated heterocycles. The van der Waals surface area contributed by atoms with E-state index in [0.29, 0.717) is 29.6 Å². The molecule has 21 heavy (non-hydrogen) atoms. The fourth-order valence-electron chi connectivity index (χ4n) is 2.44. The van der Waals surface area contributed by atoms with Crippen molar-refractivity contribution in [2.24, 2.45) is 0 Å². The predicted molar refractivity (Wildman–Crippen MR) is 81.6 cm³/mol. The van der Waals surface area contributed by atoms with Crippen LogP contribution < -0.4 is 5.56 Å². The van der Waals surface area contributed by atoms with Gasteiger partial charge >= 0.3 is 5.97 Å². The van der Waals surface area contributed by atoms with Gasteiger partial charge in [0.05, 0.1) is 10.9 Å². The number of nitrogens with zero attached hydrogens (tertiary/aromatic N) is 2. The molecule has 1 aromatic heterocycles. The second-order valence-corrected chi connectivity index (χ2v) is 6.10. The zero-order valence-corrected chi connectivity index (χ0v) is 12.6. The number of para-hydroxylation sites is 1. The van der Waals surface area contributed by atoms with Crippen molar-refractivity contribution in [3.63, 3.8) is 0 Å². The molecule has 0 saturated carbocycles. The summed E-state index contributed by atoms with van der Waals surface area (Å²) >= 11 is 0. The molecule has 2 aromatic rings. The fraction of sp³-hybridized carbons (Fsp3) is 0.438. The van der Waals surface area contributed by atoms with Gasteiger partial charge in [-0.3, -0.25) is 14.2 Å². The van der Waals surface area contributed by atoms with E-state index < -0.39 is 11.5 Å². The topological polar surface area (TPSA) is 72.2 Å². The lowest BCUT2D eigenvalue weighted by Gasteiger charge is -2.26. The third-order valence-electron chi connectivity index (χ3n) is 3.31.